The highest BCUT2D eigenvalue weighted by atomic mass is 16.6. The summed E-state index contributed by atoms with van der Waals surface area (Å²) in [6, 6.07) is 7.58. The summed E-state index contributed by atoms with van der Waals surface area (Å²) in [7, 11) is 0. The number of fused-ring (bicyclic) bond motifs is 4. The van der Waals surface area contributed by atoms with Crippen LogP contribution < -0.4 is 18.9 Å². The number of hydrogen-bond acceptors (Lipinski definition) is 9. The van der Waals surface area contributed by atoms with Gasteiger partial charge in [-0.05, 0) is 18.2 Å². The highest BCUT2D eigenvalue weighted by Crippen LogP contribution is 2.46. The van der Waals surface area contributed by atoms with Crippen LogP contribution in [-0.4, -0.2) is 29.8 Å². The van der Waals surface area contributed by atoms with E-state index in [-0.39, 0.29) is 35.4 Å². The lowest BCUT2D eigenvalue weighted by Crippen LogP contribution is -2.41. The van der Waals surface area contributed by atoms with Crippen LogP contribution in [0.25, 0.3) is 0 Å². The van der Waals surface area contributed by atoms with Crippen molar-refractivity contribution < 1.29 is 42.9 Å². The summed E-state index contributed by atoms with van der Waals surface area (Å²) in [5, 5.41) is 0. The normalized spacial score (nSPS) is 18.6. The summed E-state index contributed by atoms with van der Waals surface area (Å²) >= 11 is 0. The van der Waals surface area contributed by atoms with Gasteiger partial charge in [-0.3, -0.25) is 19.2 Å². The Bertz CT molecular complexity index is 1120. The standard InChI is InChI=1S/C22H18O9/c1-10(23)28-13-4-5-15-18(8-13)31-21-14-6-7-17(29-11(2)24)20(30-12(3)25)16(14)9-27-22(21)19(15)26/h4-8,21-22H,9H2,1-3H3/t21-,22-/m0/s1. The molecule has 2 atom stereocenters. The molecule has 0 N–H and O–H groups in total. The van der Waals surface area contributed by atoms with Gasteiger partial charge in [-0.1, -0.05) is 6.07 Å². The second-order valence-electron chi connectivity index (χ2n) is 7.03. The Kier molecular flexibility index (Phi) is 5.20. The summed E-state index contributed by atoms with van der Waals surface area (Å²) in [5.74, 6) is -1.42. The number of ether oxygens (including phenoxy) is 5. The fourth-order valence-corrected chi connectivity index (χ4v) is 3.61. The molecule has 0 amide bonds. The maximum Gasteiger partial charge on any atom is 0.308 e. The van der Waals surface area contributed by atoms with E-state index in [0.717, 1.165) is 0 Å². The smallest absolute Gasteiger partial charge is 0.308 e. The SMILES string of the molecule is CC(=O)Oc1ccc2c(c1)O[C@H]1c3ccc(OC(C)=O)c(OC(C)=O)c3CO[C@H]1C2=O. The first-order valence-corrected chi connectivity index (χ1v) is 9.42. The first kappa shape index (κ1) is 20.5. The predicted octanol–water partition coefficient (Wildman–Crippen LogP) is 2.68. The minimum absolute atomic E-state index is 0.0363. The third kappa shape index (κ3) is 3.87. The number of rotatable bonds is 3. The molecule has 2 aliphatic heterocycles. The van der Waals surface area contributed by atoms with Gasteiger partial charge in [0.05, 0.1) is 12.2 Å². The van der Waals surface area contributed by atoms with Gasteiger partial charge < -0.3 is 23.7 Å². The fourth-order valence-electron chi connectivity index (χ4n) is 3.61. The van der Waals surface area contributed by atoms with Crippen LogP contribution in [-0.2, 0) is 25.7 Å². The van der Waals surface area contributed by atoms with Crippen molar-refractivity contribution >= 4 is 23.7 Å². The molecule has 0 spiro atoms. The highest BCUT2D eigenvalue weighted by molar-refractivity contribution is 6.03. The number of Topliss-reactive ketones (excluding diaryl/α,β-unsaturated/α-hetero) is 1. The number of carbonyl (C=O) groups is 4. The minimum Gasteiger partial charge on any atom is -0.482 e. The lowest BCUT2D eigenvalue weighted by atomic mass is 9.88. The first-order valence-electron chi connectivity index (χ1n) is 9.42. The van der Waals surface area contributed by atoms with Crippen LogP contribution in [0.2, 0.25) is 0 Å². The number of esters is 3. The summed E-state index contributed by atoms with van der Waals surface area (Å²) in [6.45, 7) is 3.66. The largest absolute Gasteiger partial charge is 0.482 e. The molecule has 9 heteroatoms. The zero-order valence-corrected chi connectivity index (χ0v) is 16.9. The molecule has 2 aromatic rings. The van der Waals surface area contributed by atoms with Crippen LogP contribution in [0, 0.1) is 0 Å². The molecule has 9 nitrogen and oxygen atoms in total. The van der Waals surface area contributed by atoms with Gasteiger partial charge in [-0.25, -0.2) is 0 Å². The molecule has 0 saturated heterocycles. The molecule has 2 heterocycles. The Morgan fingerprint density at radius 3 is 2.29 bits per heavy atom. The summed E-state index contributed by atoms with van der Waals surface area (Å²) in [5.41, 5.74) is 1.29. The molecule has 0 radical (unpaired) electrons. The van der Waals surface area contributed by atoms with Crippen LogP contribution in [0.15, 0.2) is 30.3 Å². The van der Waals surface area contributed by atoms with Crippen molar-refractivity contribution in [2.75, 3.05) is 0 Å². The van der Waals surface area contributed by atoms with Gasteiger partial charge in [0.15, 0.2) is 29.5 Å². The molecule has 160 valence electrons. The Balaban J connectivity index is 1.77. The third-order valence-corrected chi connectivity index (χ3v) is 4.74. The van der Waals surface area contributed by atoms with Crippen molar-refractivity contribution in [2.45, 2.75) is 39.6 Å². The van der Waals surface area contributed by atoms with Crippen LogP contribution in [0.3, 0.4) is 0 Å². The van der Waals surface area contributed by atoms with Crippen molar-refractivity contribution in [1.82, 2.24) is 0 Å². The predicted molar refractivity (Wildman–Crippen MR) is 103 cm³/mol. The molecule has 0 aromatic heterocycles. The zero-order chi connectivity index (χ0) is 22.3. The second kappa shape index (κ2) is 7.84. The summed E-state index contributed by atoms with van der Waals surface area (Å²) < 4.78 is 27.3. The lowest BCUT2D eigenvalue weighted by Gasteiger charge is -2.37. The van der Waals surface area contributed by atoms with E-state index >= 15 is 0 Å². The Morgan fingerprint density at radius 2 is 1.61 bits per heavy atom. The number of carbonyl (C=O) groups excluding carboxylic acids is 4. The van der Waals surface area contributed by atoms with Gasteiger partial charge in [0.1, 0.15) is 11.5 Å². The summed E-state index contributed by atoms with van der Waals surface area (Å²) in [4.78, 5) is 47.3. The fraction of sp³-hybridized carbons (Fsp3) is 0.273. The van der Waals surface area contributed by atoms with E-state index in [1.54, 1.807) is 6.07 Å². The molecule has 4 rings (SSSR count). The quantitative estimate of drug-likeness (QED) is 0.540. The molecule has 2 aromatic carbocycles. The third-order valence-electron chi connectivity index (χ3n) is 4.74. The summed E-state index contributed by atoms with van der Waals surface area (Å²) in [6.07, 6.45) is -1.75. The van der Waals surface area contributed by atoms with Crippen molar-refractivity contribution in [3.8, 4) is 23.0 Å². The molecular weight excluding hydrogens is 408 g/mol. The molecule has 31 heavy (non-hydrogen) atoms. The monoisotopic (exact) mass is 426 g/mol. The van der Waals surface area contributed by atoms with Crippen LogP contribution >= 0.6 is 0 Å². The number of benzene rings is 2. The van der Waals surface area contributed by atoms with Gasteiger partial charge in [0.25, 0.3) is 0 Å². The van der Waals surface area contributed by atoms with E-state index in [1.807, 2.05) is 0 Å². The Morgan fingerprint density at radius 1 is 0.903 bits per heavy atom. The molecule has 2 aliphatic rings. The van der Waals surface area contributed by atoms with E-state index in [9.17, 15) is 19.2 Å². The van der Waals surface area contributed by atoms with E-state index in [4.69, 9.17) is 23.7 Å². The van der Waals surface area contributed by atoms with Crippen molar-refractivity contribution in [2.24, 2.45) is 0 Å². The zero-order valence-electron chi connectivity index (χ0n) is 16.9. The van der Waals surface area contributed by atoms with Gasteiger partial charge in [-0.15, -0.1) is 0 Å². The van der Waals surface area contributed by atoms with Crippen molar-refractivity contribution in [3.05, 3.63) is 47.0 Å². The molecular formula is C22H18O9. The Hall–Kier alpha value is -3.72. The topological polar surface area (TPSA) is 114 Å². The highest BCUT2D eigenvalue weighted by Gasteiger charge is 2.44. The number of hydrogen-bond donors (Lipinski definition) is 0. The second-order valence-corrected chi connectivity index (χ2v) is 7.03. The molecule has 0 fully saturated rings. The minimum atomic E-state index is -0.913. The van der Waals surface area contributed by atoms with Gasteiger partial charge in [-0.2, -0.15) is 0 Å². The van der Waals surface area contributed by atoms with Crippen molar-refractivity contribution in [3.63, 3.8) is 0 Å². The van der Waals surface area contributed by atoms with Gasteiger partial charge in [0, 0.05) is 38.0 Å². The maximum absolute atomic E-state index is 13.0. The van der Waals surface area contributed by atoms with Gasteiger partial charge >= 0.3 is 17.9 Å². The maximum atomic E-state index is 13.0. The molecule has 0 saturated carbocycles. The lowest BCUT2D eigenvalue weighted by molar-refractivity contribution is -0.134. The average molecular weight is 426 g/mol. The van der Waals surface area contributed by atoms with Crippen LogP contribution in [0.1, 0.15) is 48.4 Å². The van der Waals surface area contributed by atoms with Crippen LogP contribution in [0.4, 0.5) is 0 Å². The molecule has 0 bridgehead atoms. The van der Waals surface area contributed by atoms with E-state index in [2.05, 4.69) is 0 Å². The van der Waals surface area contributed by atoms with Crippen LogP contribution in [0.5, 0.6) is 23.0 Å². The average Bonchev–Trinajstić information content (AvgIpc) is 2.68. The first-order chi connectivity index (χ1) is 14.7. The van der Waals surface area contributed by atoms with Crippen molar-refractivity contribution in [1.29, 1.82) is 0 Å². The molecule has 0 aliphatic carbocycles. The van der Waals surface area contributed by atoms with Gasteiger partial charge in [0.2, 0.25) is 0 Å². The molecule has 0 unspecified atom stereocenters. The van der Waals surface area contributed by atoms with E-state index in [1.165, 1.54) is 45.0 Å². The number of ketones is 1. The van der Waals surface area contributed by atoms with E-state index < -0.39 is 30.1 Å². The van der Waals surface area contributed by atoms with E-state index in [0.29, 0.717) is 16.7 Å². The Labute approximate surface area is 176 Å².